The highest BCUT2D eigenvalue weighted by Crippen LogP contribution is 2.18. The van der Waals surface area contributed by atoms with Crippen LogP contribution in [-0.2, 0) is 4.74 Å². The van der Waals surface area contributed by atoms with E-state index in [0.717, 1.165) is 17.9 Å². The average Bonchev–Trinajstić information content (AvgIpc) is 2.66. The minimum Gasteiger partial charge on any atom is -0.453 e. The van der Waals surface area contributed by atoms with Crippen molar-refractivity contribution in [1.29, 1.82) is 0 Å². The molecule has 5 heteroatoms. The zero-order chi connectivity index (χ0) is 14.4. The van der Waals surface area contributed by atoms with Crippen LogP contribution >= 0.6 is 0 Å². The van der Waals surface area contributed by atoms with E-state index in [2.05, 4.69) is 27.3 Å². The van der Waals surface area contributed by atoms with E-state index in [9.17, 15) is 4.79 Å². The molecule has 110 valence electrons. The lowest BCUT2D eigenvalue weighted by molar-refractivity contribution is 0.187. The van der Waals surface area contributed by atoms with Gasteiger partial charge in [-0.2, -0.15) is 0 Å². The number of anilines is 2. The van der Waals surface area contributed by atoms with Gasteiger partial charge in [0.25, 0.3) is 0 Å². The molecule has 0 bridgehead atoms. The van der Waals surface area contributed by atoms with Crippen molar-refractivity contribution in [3.8, 4) is 0 Å². The number of ether oxygens (including phenoxy) is 1. The molecule has 1 aromatic carbocycles. The first-order valence-electron chi connectivity index (χ1n) is 7.07. The first-order chi connectivity index (χ1) is 9.67. The van der Waals surface area contributed by atoms with E-state index in [1.54, 1.807) is 0 Å². The number of likely N-dealkylation sites (tertiary alicyclic amines) is 1. The molecule has 5 nitrogen and oxygen atoms in total. The molecule has 1 aromatic rings. The summed E-state index contributed by atoms with van der Waals surface area (Å²) >= 11 is 0. The summed E-state index contributed by atoms with van der Waals surface area (Å²) in [6, 6.07) is 8.25. The lowest BCUT2D eigenvalue weighted by Crippen LogP contribution is -2.22. The van der Waals surface area contributed by atoms with Crippen molar-refractivity contribution >= 4 is 17.5 Å². The van der Waals surface area contributed by atoms with Crippen molar-refractivity contribution in [2.24, 2.45) is 0 Å². The normalized spacial score (nSPS) is 20.0. The van der Waals surface area contributed by atoms with E-state index >= 15 is 0 Å². The van der Waals surface area contributed by atoms with Gasteiger partial charge in [0.05, 0.1) is 7.11 Å². The number of carbonyl (C=O) groups is 1. The lowest BCUT2D eigenvalue weighted by atomic mass is 10.1. The summed E-state index contributed by atoms with van der Waals surface area (Å²) < 4.78 is 4.56. The van der Waals surface area contributed by atoms with Gasteiger partial charge in [-0.3, -0.25) is 5.32 Å². The van der Waals surface area contributed by atoms with Gasteiger partial charge in [0.2, 0.25) is 0 Å². The monoisotopic (exact) mass is 277 g/mol. The third-order valence-corrected chi connectivity index (χ3v) is 3.64. The molecule has 1 saturated heterocycles. The molecular weight excluding hydrogens is 254 g/mol. The van der Waals surface area contributed by atoms with Gasteiger partial charge in [-0.05, 0) is 63.7 Å². The van der Waals surface area contributed by atoms with Gasteiger partial charge >= 0.3 is 6.09 Å². The van der Waals surface area contributed by atoms with Crippen LogP contribution in [0, 0.1) is 0 Å². The van der Waals surface area contributed by atoms with Gasteiger partial charge in [-0.15, -0.1) is 0 Å². The summed E-state index contributed by atoms with van der Waals surface area (Å²) in [5.74, 6) is 0. The van der Waals surface area contributed by atoms with Crippen LogP contribution in [0.25, 0.3) is 0 Å². The third kappa shape index (κ3) is 4.42. The maximum atomic E-state index is 11.1. The Balaban J connectivity index is 1.88. The molecule has 2 N–H and O–H groups in total. The van der Waals surface area contributed by atoms with Gasteiger partial charge < -0.3 is 15.0 Å². The molecule has 0 spiro atoms. The molecule has 1 fully saturated rings. The number of rotatable bonds is 3. The number of hydrogen-bond donors (Lipinski definition) is 2. The summed E-state index contributed by atoms with van der Waals surface area (Å²) in [4.78, 5) is 13.5. The second-order valence-electron chi connectivity index (χ2n) is 5.27. The van der Waals surface area contributed by atoms with Crippen LogP contribution in [0.5, 0.6) is 0 Å². The molecule has 0 aromatic heterocycles. The molecule has 1 unspecified atom stereocenters. The van der Waals surface area contributed by atoms with Crippen molar-refractivity contribution in [3.05, 3.63) is 24.3 Å². The van der Waals surface area contributed by atoms with Crippen LogP contribution in [-0.4, -0.2) is 44.3 Å². The molecular formula is C15H23N3O2. The zero-order valence-electron chi connectivity index (χ0n) is 12.2. The van der Waals surface area contributed by atoms with Crippen LogP contribution in [0.15, 0.2) is 24.3 Å². The molecule has 1 atom stereocenters. The van der Waals surface area contributed by atoms with Crippen LogP contribution in [0.2, 0.25) is 0 Å². The van der Waals surface area contributed by atoms with E-state index in [-0.39, 0.29) is 0 Å². The molecule has 2 rings (SSSR count). The van der Waals surface area contributed by atoms with Gasteiger partial charge in [0.1, 0.15) is 0 Å². The van der Waals surface area contributed by atoms with Crippen molar-refractivity contribution < 1.29 is 9.53 Å². The number of nitrogens with zero attached hydrogens (tertiary/aromatic N) is 1. The van der Waals surface area contributed by atoms with Crippen molar-refractivity contribution in [2.75, 3.05) is 37.9 Å². The second kappa shape index (κ2) is 7.14. The van der Waals surface area contributed by atoms with Gasteiger partial charge in [-0.1, -0.05) is 0 Å². The van der Waals surface area contributed by atoms with Crippen LogP contribution in [0.3, 0.4) is 0 Å². The van der Waals surface area contributed by atoms with Gasteiger partial charge in [0, 0.05) is 17.4 Å². The number of methoxy groups -OCH3 is 1. The minimum absolute atomic E-state index is 0.447. The number of hydrogen-bond acceptors (Lipinski definition) is 4. The Hall–Kier alpha value is -1.75. The Kier molecular flexibility index (Phi) is 5.24. The van der Waals surface area contributed by atoms with Gasteiger partial charge in [0.15, 0.2) is 0 Å². The van der Waals surface area contributed by atoms with E-state index in [1.807, 2.05) is 24.3 Å². The topological polar surface area (TPSA) is 53.6 Å². The summed E-state index contributed by atoms with van der Waals surface area (Å²) in [7, 11) is 3.53. The van der Waals surface area contributed by atoms with Crippen LogP contribution in [0.4, 0.5) is 16.2 Å². The van der Waals surface area contributed by atoms with Crippen molar-refractivity contribution in [1.82, 2.24) is 4.90 Å². The Bertz CT molecular complexity index is 433. The summed E-state index contributed by atoms with van der Waals surface area (Å²) in [5, 5.41) is 6.21. The van der Waals surface area contributed by atoms with E-state index in [1.165, 1.54) is 32.9 Å². The molecule has 0 saturated carbocycles. The molecule has 1 aliphatic rings. The number of benzene rings is 1. The predicted molar refractivity (Wildman–Crippen MR) is 81.2 cm³/mol. The summed E-state index contributed by atoms with van der Waals surface area (Å²) in [6.07, 6.45) is 3.15. The molecule has 1 aliphatic heterocycles. The highest BCUT2D eigenvalue weighted by molar-refractivity contribution is 5.84. The maximum Gasteiger partial charge on any atom is 0.411 e. The van der Waals surface area contributed by atoms with E-state index < -0.39 is 6.09 Å². The fourth-order valence-corrected chi connectivity index (χ4v) is 2.44. The fraction of sp³-hybridized carbons (Fsp3) is 0.533. The Morgan fingerprint density at radius 1 is 1.20 bits per heavy atom. The third-order valence-electron chi connectivity index (χ3n) is 3.64. The average molecular weight is 277 g/mol. The van der Waals surface area contributed by atoms with E-state index in [4.69, 9.17) is 0 Å². The second-order valence-corrected chi connectivity index (χ2v) is 5.27. The van der Waals surface area contributed by atoms with Crippen molar-refractivity contribution in [3.63, 3.8) is 0 Å². The Morgan fingerprint density at radius 3 is 2.60 bits per heavy atom. The lowest BCUT2D eigenvalue weighted by Gasteiger charge is -2.18. The van der Waals surface area contributed by atoms with Crippen LogP contribution < -0.4 is 10.6 Å². The molecule has 1 amide bonds. The number of carbonyl (C=O) groups excluding carboxylic acids is 1. The highest BCUT2D eigenvalue weighted by Gasteiger charge is 2.14. The summed E-state index contributed by atoms with van der Waals surface area (Å²) in [5.41, 5.74) is 1.83. The SMILES string of the molecule is COC(=O)Nc1ccc(NC2CCCN(C)CC2)cc1. The first kappa shape index (κ1) is 14.7. The summed E-state index contributed by atoms with van der Waals surface area (Å²) in [6.45, 7) is 2.32. The van der Waals surface area contributed by atoms with Gasteiger partial charge in [-0.25, -0.2) is 4.79 Å². The first-order valence-corrected chi connectivity index (χ1v) is 7.07. The zero-order valence-corrected chi connectivity index (χ0v) is 12.2. The van der Waals surface area contributed by atoms with Crippen molar-refractivity contribution in [2.45, 2.75) is 25.3 Å². The largest absolute Gasteiger partial charge is 0.453 e. The molecule has 0 aliphatic carbocycles. The predicted octanol–water partition coefficient (Wildman–Crippen LogP) is 2.76. The minimum atomic E-state index is -0.447. The Labute approximate surface area is 120 Å². The van der Waals surface area contributed by atoms with E-state index in [0.29, 0.717) is 6.04 Å². The maximum absolute atomic E-state index is 11.1. The standard InChI is InChI=1S/C15H23N3O2/c1-18-10-3-4-12(9-11-18)16-13-5-7-14(8-6-13)17-15(19)20-2/h5-8,12,16H,3-4,9-11H2,1-2H3,(H,17,19). The molecule has 20 heavy (non-hydrogen) atoms. The quantitative estimate of drug-likeness (QED) is 0.892. The highest BCUT2D eigenvalue weighted by atomic mass is 16.5. The number of nitrogens with one attached hydrogen (secondary N) is 2. The fourth-order valence-electron chi connectivity index (χ4n) is 2.44. The molecule has 1 heterocycles. The Morgan fingerprint density at radius 2 is 1.90 bits per heavy atom. The smallest absolute Gasteiger partial charge is 0.411 e. The number of amides is 1. The van der Waals surface area contributed by atoms with Crippen LogP contribution in [0.1, 0.15) is 19.3 Å². The molecule has 0 radical (unpaired) electrons.